The van der Waals surface area contributed by atoms with Crippen LogP contribution in [0.5, 0.6) is 11.8 Å². The summed E-state index contributed by atoms with van der Waals surface area (Å²) in [5, 5.41) is 19.2. The van der Waals surface area contributed by atoms with Crippen LogP contribution in [0, 0.1) is 12.7 Å². The molecule has 0 atom stereocenters. The van der Waals surface area contributed by atoms with E-state index in [0.29, 0.717) is 43.0 Å². The van der Waals surface area contributed by atoms with E-state index in [0.717, 1.165) is 16.8 Å². The summed E-state index contributed by atoms with van der Waals surface area (Å²) in [6.07, 6.45) is 1.03. The van der Waals surface area contributed by atoms with Crippen molar-refractivity contribution in [3.05, 3.63) is 65.7 Å². The molecule has 0 unspecified atom stereocenters. The molecule has 1 aliphatic rings. The number of carbonyl (C=O) groups is 1. The van der Waals surface area contributed by atoms with Crippen molar-refractivity contribution in [3.63, 3.8) is 0 Å². The van der Waals surface area contributed by atoms with E-state index < -0.39 is 6.09 Å². The first-order valence-corrected chi connectivity index (χ1v) is 9.91. The van der Waals surface area contributed by atoms with E-state index in [1.165, 1.54) is 23.1 Å². The minimum absolute atomic E-state index is 0.271. The number of rotatable bonds is 4. The number of aromatic hydroxyl groups is 2. The maximum Gasteiger partial charge on any atom is 0.434 e. The normalized spacial score (nSPS) is 14.6. The fraction of sp³-hybridized carbons (Fsp3) is 0.273. The van der Waals surface area contributed by atoms with Crippen molar-refractivity contribution in [2.75, 3.05) is 26.2 Å². The molecule has 0 aliphatic carbocycles. The number of halogens is 1. The lowest BCUT2D eigenvalue weighted by atomic mass is 10.0. The SMILES string of the molecule is Cc1cc(-c2ccc(CN3CCN(C(=O)On4c(O)ccc4O)CC3)c(F)c2)ccn1. The maximum atomic E-state index is 14.7. The molecule has 3 aromatic rings. The zero-order valence-electron chi connectivity index (χ0n) is 17.0. The van der Waals surface area contributed by atoms with Gasteiger partial charge in [0.2, 0.25) is 11.8 Å². The molecule has 162 valence electrons. The van der Waals surface area contributed by atoms with Crippen LogP contribution in [0.1, 0.15) is 11.3 Å². The highest BCUT2D eigenvalue weighted by Crippen LogP contribution is 2.23. The highest BCUT2D eigenvalue weighted by atomic mass is 19.1. The standard InChI is InChI=1S/C22H23FN4O4/c1-15-12-17(6-7-24-15)16-2-3-18(19(23)13-16)14-25-8-10-26(11-9-25)22(30)31-27-20(28)4-5-21(27)29/h2-7,12-13,28-29H,8-11,14H2,1H3. The molecule has 3 heterocycles. The van der Waals surface area contributed by atoms with Gasteiger partial charge in [-0.1, -0.05) is 12.1 Å². The van der Waals surface area contributed by atoms with Crippen LogP contribution in [0.3, 0.4) is 0 Å². The largest absolute Gasteiger partial charge is 0.492 e. The molecule has 2 aromatic heterocycles. The predicted octanol–water partition coefficient (Wildman–Crippen LogP) is 2.78. The topological polar surface area (TPSA) is 91.1 Å². The first kappa shape index (κ1) is 20.7. The number of benzene rings is 1. The van der Waals surface area contributed by atoms with Crippen LogP contribution in [-0.4, -0.2) is 62.0 Å². The Hall–Kier alpha value is -3.59. The van der Waals surface area contributed by atoms with Crippen molar-refractivity contribution in [2.45, 2.75) is 13.5 Å². The summed E-state index contributed by atoms with van der Waals surface area (Å²) in [6.45, 7) is 4.19. The van der Waals surface area contributed by atoms with Crippen molar-refractivity contribution in [1.29, 1.82) is 0 Å². The van der Waals surface area contributed by atoms with Crippen molar-refractivity contribution in [1.82, 2.24) is 19.5 Å². The van der Waals surface area contributed by atoms with Gasteiger partial charge in [-0.15, -0.1) is 4.73 Å². The van der Waals surface area contributed by atoms with Crippen LogP contribution >= 0.6 is 0 Å². The van der Waals surface area contributed by atoms with Crippen LogP contribution in [0.15, 0.2) is 48.7 Å². The van der Waals surface area contributed by atoms with E-state index in [4.69, 9.17) is 4.84 Å². The van der Waals surface area contributed by atoms with Gasteiger partial charge in [0.1, 0.15) is 5.82 Å². The van der Waals surface area contributed by atoms with E-state index in [2.05, 4.69) is 9.88 Å². The number of carbonyl (C=O) groups excluding carboxylic acids is 1. The quantitative estimate of drug-likeness (QED) is 0.667. The summed E-state index contributed by atoms with van der Waals surface area (Å²) in [6, 6.07) is 11.4. The van der Waals surface area contributed by atoms with Crippen molar-refractivity contribution in [2.24, 2.45) is 0 Å². The Kier molecular flexibility index (Phi) is 5.77. The molecule has 1 aliphatic heterocycles. The summed E-state index contributed by atoms with van der Waals surface area (Å²) >= 11 is 0. The van der Waals surface area contributed by atoms with Crippen LogP contribution < -0.4 is 4.84 Å². The second kappa shape index (κ2) is 8.65. The average Bonchev–Trinajstić information content (AvgIpc) is 3.07. The molecule has 1 fully saturated rings. The van der Waals surface area contributed by atoms with Gasteiger partial charge in [-0.3, -0.25) is 9.88 Å². The summed E-state index contributed by atoms with van der Waals surface area (Å²) in [5.74, 6) is -1.01. The molecule has 0 saturated carbocycles. The zero-order chi connectivity index (χ0) is 22.0. The van der Waals surface area contributed by atoms with E-state index in [-0.39, 0.29) is 17.6 Å². The molecular weight excluding hydrogens is 403 g/mol. The molecule has 0 radical (unpaired) electrons. The van der Waals surface area contributed by atoms with Crippen LogP contribution in [0.25, 0.3) is 11.1 Å². The number of aryl methyl sites for hydroxylation is 1. The van der Waals surface area contributed by atoms with Gasteiger partial charge < -0.3 is 20.0 Å². The van der Waals surface area contributed by atoms with Gasteiger partial charge in [0.25, 0.3) is 0 Å². The molecule has 2 N–H and O–H groups in total. The van der Waals surface area contributed by atoms with E-state index in [1.54, 1.807) is 12.3 Å². The van der Waals surface area contributed by atoms with Gasteiger partial charge in [-0.25, -0.2) is 9.18 Å². The molecule has 0 spiro atoms. The van der Waals surface area contributed by atoms with Crippen LogP contribution in [0.4, 0.5) is 9.18 Å². The fourth-order valence-corrected chi connectivity index (χ4v) is 3.54. The summed E-state index contributed by atoms with van der Waals surface area (Å²) in [7, 11) is 0. The molecule has 1 aromatic carbocycles. The third-order valence-corrected chi connectivity index (χ3v) is 5.27. The monoisotopic (exact) mass is 426 g/mol. The Bertz CT molecular complexity index is 1070. The van der Waals surface area contributed by atoms with Crippen LogP contribution in [-0.2, 0) is 6.54 Å². The molecular formula is C22H23FN4O4. The molecule has 9 heteroatoms. The highest BCUT2D eigenvalue weighted by Gasteiger charge is 2.24. The minimum Gasteiger partial charge on any atom is -0.492 e. The first-order chi connectivity index (χ1) is 14.9. The number of amides is 1. The van der Waals surface area contributed by atoms with E-state index in [1.807, 2.05) is 25.1 Å². The molecule has 31 heavy (non-hydrogen) atoms. The minimum atomic E-state index is -0.676. The summed E-state index contributed by atoms with van der Waals surface area (Å²) < 4.78 is 15.4. The smallest absolute Gasteiger partial charge is 0.434 e. The molecule has 1 amide bonds. The van der Waals surface area contributed by atoms with Gasteiger partial charge in [-0.2, -0.15) is 0 Å². The Morgan fingerprint density at radius 3 is 2.35 bits per heavy atom. The number of aromatic nitrogens is 2. The lowest BCUT2D eigenvalue weighted by molar-refractivity contribution is 0.0554. The zero-order valence-corrected chi connectivity index (χ0v) is 17.0. The number of hydrogen-bond donors (Lipinski definition) is 2. The molecule has 8 nitrogen and oxygen atoms in total. The number of piperazine rings is 1. The Balaban J connectivity index is 1.34. The summed E-state index contributed by atoms with van der Waals surface area (Å²) in [5.41, 5.74) is 3.19. The predicted molar refractivity (Wildman–Crippen MR) is 111 cm³/mol. The number of hydrogen-bond acceptors (Lipinski definition) is 6. The van der Waals surface area contributed by atoms with E-state index in [9.17, 15) is 19.4 Å². The number of pyridine rings is 1. The van der Waals surface area contributed by atoms with Gasteiger partial charge >= 0.3 is 6.09 Å². The molecule has 0 bridgehead atoms. The molecule has 4 rings (SSSR count). The number of nitrogens with zero attached hydrogens (tertiary/aromatic N) is 4. The van der Waals surface area contributed by atoms with Gasteiger partial charge in [0.15, 0.2) is 0 Å². The highest BCUT2D eigenvalue weighted by molar-refractivity contribution is 5.68. The third-order valence-electron chi connectivity index (χ3n) is 5.27. The van der Waals surface area contributed by atoms with Crippen molar-refractivity contribution >= 4 is 6.09 Å². The van der Waals surface area contributed by atoms with Crippen molar-refractivity contribution < 1.29 is 24.2 Å². The lowest BCUT2D eigenvalue weighted by Gasteiger charge is -2.34. The van der Waals surface area contributed by atoms with Crippen LogP contribution in [0.2, 0.25) is 0 Å². The molecule has 1 saturated heterocycles. The van der Waals surface area contributed by atoms with Crippen molar-refractivity contribution in [3.8, 4) is 22.9 Å². The van der Waals surface area contributed by atoms with Gasteiger partial charge in [0, 0.05) is 62.3 Å². The maximum absolute atomic E-state index is 14.7. The van der Waals surface area contributed by atoms with Gasteiger partial charge in [-0.05, 0) is 36.2 Å². The van der Waals surface area contributed by atoms with Gasteiger partial charge in [0.05, 0.1) is 0 Å². The average molecular weight is 426 g/mol. The second-order valence-corrected chi connectivity index (χ2v) is 7.46. The van der Waals surface area contributed by atoms with E-state index >= 15 is 0 Å². The Morgan fingerprint density at radius 2 is 1.71 bits per heavy atom. The summed E-state index contributed by atoms with van der Waals surface area (Å²) in [4.78, 5) is 25.0. The second-order valence-electron chi connectivity index (χ2n) is 7.46. The Labute approximate surface area is 178 Å². The fourth-order valence-electron chi connectivity index (χ4n) is 3.54. The lowest BCUT2D eigenvalue weighted by Crippen LogP contribution is -2.50. The Morgan fingerprint density at radius 1 is 1.03 bits per heavy atom. The first-order valence-electron chi connectivity index (χ1n) is 9.91. The third kappa shape index (κ3) is 4.61.